The average Bonchev–Trinajstić information content (AvgIpc) is 1.14. The van der Waals surface area contributed by atoms with Crippen molar-refractivity contribution in [3.8, 4) is 0 Å². The first-order valence-electron chi connectivity index (χ1n) is 39.2. The topological polar surface area (TPSA) is 351 Å². The Hall–Kier alpha value is -11.2. The number of benzene rings is 3. The van der Waals surface area contributed by atoms with Gasteiger partial charge in [-0.2, -0.15) is 0 Å². The minimum Gasteiger partial charge on any atom is -0.481 e. The van der Waals surface area contributed by atoms with Crippen LogP contribution in [0.4, 0.5) is 9.59 Å². The van der Waals surface area contributed by atoms with Gasteiger partial charge in [0.15, 0.2) is 0 Å². The number of carbonyl (C=O) groups excluding carboxylic acids is 10. The minimum absolute atomic E-state index is 0.0501. The van der Waals surface area contributed by atoms with Crippen molar-refractivity contribution < 1.29 is 86.3 Å². The van der Waals surface area contributed by atoms with Crippen LogP contribution in [0.5, 0.6) is 0 Å². The molecule has 0 radical (unpaired) electrons. The highest BCUT2D eigenvalue weighted by Gasteiger charge is 2.45. The number of methoxy groups -OCH3 is 1. The number of aromatic nitrogens is 3. The zero-order chi connectivity index (χ0) is 84.1. The quantitative estimate of drug-likeness (QED) is 0.0691. The fraction of sp³-hybridized carbons (Fsp3) is 0.494. The zero-order valence-corrected chi connectivity index (χ0v) is 68.8. The second-order valence-electron chi connectivity index (χ2n) is 32.6. The van der Waals surface area contributed by atoms with Gasteiger partial charge >= 0.3 is 42.0 Å². The van der Waals surface area contributed by atoms with Gasteiger partial charge in [-0.25, -0.2) is 30.0 Å². The summed E-state index contributed by atoms with van der Waals surface area (Å²) in [5.41, 5.74) is 5.53. The molecule has 3 aromatic heterocycles. The smallest absolute Gasteiger partial charge is 0.410 e. The first-order valence-corrected chi connectivity index (χ1v) is 39.2. The molecule has 616 valence electrons. The molecule has 0 aliphatic carbocycles. The molecule has 115 heavy (non-hydrogen) atoms. The van der Waals surface area contributed by atoms with Gasteiger partial charge in [-0.15, -0.1) is 0 Å². The average molecular weight is 1580 g/mol. The zero-order valence-electron chi connectivity index (χ0n) is 68.8. The summed E-state index contributed by atoms with van der Waals surface area (Å²) in [7, 11) is 1.38. The maximum atomic E-state index is 14.1. The highest BCUT2D eigenvalue weighted by molar-refractivity contribution is 5.95. The highest BCUT2D eigenvalue weighted by atomic mass is 16.6. The van der Waals surface area contributed by atoms with Crippen molar-refractivity contribution in [2.75, 3.05) is 52.9 Å². The van der Waals surface area contributed by atoms with E-state index in [4.69, 9.17) is 33.4 Å². The summed E-state index contributed by atoms with van der Waals surface area (Å²) in [4.78, 5) is 158. The number of cyclic esters (lactones) is 1. The molecule has 11 rings (SSSR count). The van der Waals surface area contributed by atoms with Gasteiger partial charge in [-0.1, -0.05) is 105 Å². The molecule has 5 aliphatic heterocycles. The molecule has 0 unspecified atom stereocenters. The number of pyridine rings is 3. The van der Waals surface area contributed by atoms with Crippen molar-refractivity contribution >= 4 is 117 Å². The van der Waals surface area contributed by atoms with Gasteiger partial charge in [0.25, 0.3) is 5.91 Å². The van der Waals surface area contributed by atoms with E-state index in [2.05, 4.69) is 26.0 Å². The molecule has 6 aromatic rings. The monoisotopic (exact) mass is 1580 g/mol. The summed E-state index contributed by atoms with van der Waals surface area (Å²) in [5.74, 6) is -3.98. The molecule has 4 saturated heterocycles. The highest BCUT2D eigenvalue weighted by Crippen LogP contribution is 2.39. The van der Waals surface area contributed by atoms with E-state index in [-0.39, 0.29) is 41.7 Å². The maximum absolute atomic E-state index is 14.1. The van der Waals surface area contributed by atoms with Crippen LogP contribution in [0.15, 0.2) is 109 Å². The van der Waals surface area contributed by atoms with Gasteiger partial charge in [0.05, 0.1) is 57.0 Å². The third kappa shape index (κ3) is 23.1. The van der Waals surface area contributed by atoms with Gasteiger partial charge < -0.3 is 58.9 Å². The standard InChI is InChI=1S/C34H44N6O6.C27H34N2O6.C26H32N2O6/c1-20(2)29-30(42)35-21(3)31(43)40-16-6-7-27(38-40)32(44)46-22(4)26-11-10-25-9-8-24(19-28(25)36-26)12-13-34(33(45)37-29)14-17-39(18-15-34)23(5)41;1-18(34-19(2)30)22-10-9-21-8-7-20(17-23(21)28-22)11-12-27(24(31)33-6)13-15-29(16-14-27)25(32)35-26(3,4)5;1-17(33-18(2)29)21-9-8-20-7-6-19(16-22(20)27-21)10-11-26(23(30)31)12-14-28(15-13-26)24(32)34-25(3,4)5/h8-13,19-22,27,29,38H,6-7,14-18H2,1-5H3,(H,35,42)(H,37,45);7-12,17-18H,13-16H2,1-6H3;6-11,16-17H,12-15H2,1-5H3,(H,30,31)/b13-12+;12-11+;11-10+/t21-,22+,27-,29-;18-;17-/m011/s1. The molecular formula is C87H110N10O18. The molecule has 4 fully saturated rings. The molecule has 1 spiro atoms. The van der Waals surface area contributed by atoms with Crippen LogP contribution in [0, 0.1) is 22.2 Å². The molecule has 5 bridgehead atoms. The first-order chi connectivity index (χ1) is 54.2. The Balaban J connectivity index is 0.000000201. The van der Waals surface area contributed by atoms with E-state index in [9.17, 15) is 57.8 Å². The Bertz CT molecular complexity index is 4710. The lowest BCUT2D eigenvalue weighted by Gasteiger charge is -2.39. The fourth-order valence-corrected chi connectivity index (χ4v) is 14.3. The summed E-state index contributed by atoms with van der Waals surface area (Å²) in [6, 6.07) is 26.0. The van der Waals surface area contributed by atoms with Crippen LogP contribution in [-0.2, 0) is 71.6 Å². The lowest BCUT2D eigenvalue weighted by molar-refractivity contribution is -0.157. The number of carboxylic acids is 1. The number of rotatable bonds is 11. The molecule has 6 atom stereocenters. The maximum Gasteiger partial charge on any atom is 0.410 e. The van der Waals surface area contributed by atoms with Crippen molar-refractivity contribution in [2.24, 2.45) is 22.2 Å². The summed E-state index contributed by atoms with van der Waals surface area (Å²) in [5, 5.41) is 19.9. The van der Waals surface area contributed by atoms with Gasteiger partial charge in [0, 0.05) is 82.7 Å². The van der Waals surface area contributed by atoms with Crippen LogP contribution in [-0.4, -0.2) is 188 Å². The number of hydrogen-bond donors (Lipinski definition) is 4. The van der Waals surface area contributed by atoms with Crippen LogP contribution in [0.1, 0.15) is 207 Å². The minimum atomic E-state index is -1.06. The van der Waals surface area contributed by atoms with E-state index >= 15 is 0 Å². The van der Waals surface area contributed by atoms with Gasteiger partial charge in [0.2, 0.25) is 17.7 Å². The van der Waals surface area contributed by atoms with Crippen molar-refractivity contribution in [3.05, 3.63) is 143 Å². The number of fused-ring (bicyclic) bond motifs is 6. The number of ether oxygens (including phenoxy) is 6. The normalized spacial score (nSPS) is 20.8. The summed E-state index contributed by atoms with van der Waals surface area (Å²) >= 11 is 0. The lowest BCUT2D eigenvalue weighted by atomic mass is 9.76. The number of nitrogens with one attached hydrogen (secondary N) is 3. The molecular weight excluding hydrogens is 1470 g/mol. The van der Waals surface area contributed by atoms with Crippen LogP contribution < -0.4 is 16.1 Å². The van der Waals surface area contributed by atoms with E-state index in [1.165, 1.54) is 32.9 Å². The molecule has 6 amide bonds. The number of carboxylic acid groups (broad SMARTS) is 1. The third-order valence-electron chi connectivity index (χ3n) is 21.1. The summed E-state index contributed by atoms with van der Waals surface area (Å²) in [6.45, 7) is 28.3. The number of likely N-dealkylation sites (tertiary alicyclic amines) is 3. The van der Waals surface area contributed by atoms with Crippen molar-refractivity contribution in [1.82, 2.24) is 50.7 Å². The van der Waals surface area contributed by atoms with Gasteiger partial charge in [0.1, 0.15) is 47.6 Å². The third-order valence-corrected chi connectivity index (χ3v) is 21.1. The van der Waals surface area contributed by atoms with Crippen LogP contribution in [0.3, 0.4) is 0 Å². The second-order valence-corrected chi connectivity index (χ2v) is 32.6. The SMILES string of the molecule is CC(=O)N1CCC2(/C=C/c3ccc4ccc(nc4c3)[C@@H](C)OC(=O)[C@@H]3CCCN(N3)C(=O)[C@H](C)NC(=O)[C@H](C(C)C)NC2=O)CC1.CC(=O)O[C@H](C)c1ccc2ccc(/C=C/C3(C(=O)O)CCN(C(=O)OC(C)(C)C)CC3)cc2n1.COC(=O)C1(/C=C/c2ccc3ccc([C@@H](C)OC(C)=O)nc3c2)CCN(C(=O)OC(C)(C)C)CC1. The van der Waals surface area contributed by atoms with Gasteiger partial charge in [-0.3, -0.25) is 48.2 Å². The number of esters is 4. The number of aliphatic carboxylic acids is 1. The molecule has 3 aromatic carbocycles. The van der Waals surface area contributed by atoms with Crippen LogP contribution >= 0.6 is 0 Å². The molecule has 0 saturated carbocycles. The molecule has 28 nitrogen and oxygen atoms in total. The Kier molecular flexibility index (Phi) is 28.6. The number of carbonyl (C=O) groups is 11. The van der Waals surface area contributed by atoms with Crippen LogP contribution in [0.2, 0.25) is 0 Å². The number of amides is 6. The first kappa shape index (κ1) is 87.8. The predicted octanol–water partition coefficient (Wildman–Crippen LogP) is 12.7. The molecule has 4 N–H and O–H groups in total. The molecule has 5 aliphatic rings. The van der Waals surface area contributed by atoms with E-state index in [1.807, 2.05) is 150 Å². The Morgan fingerprint density at radius 1 is 0.591 bits per heavy atom. The van der Waals surface area contributed by atoms with Crippen molar-refractivity contribution in [2.45, 2.75) is 203 Å². The van der Waals surface area contributed by atoms with Crippen molar-refractivity contribution in [3.63, 3.8) is 0 Å². The number of hydrazine groups is 1. The number of hydrogen-bond acceptors (Lipinski definition) is 21. The largest absolute Gasteiger partial charge is 0.481 e. The Morgan fingerprint density at radius 2 is 1.06 bits per heavy atom. The summed E-state index contributed by atoms with van der Waals surface area (Å²) < 4.78 is 32.3. The van der Waals surface area contributed by atoms with E-state index in [1.54, 1.807) is 75.3 Å². The van der Waals surface area contributed by atoms with Crippen LogP contribution in [0.25, 0.3) is 50.9 Å². The predicted molar refractivity (Wildman–Crippen MR) is 432 cm³/mol. The molecule has 28 heteroatoms. The Morgan fingerprint density at radius 3 is 1.54 bits per heavy atom. The summed E-state index contributed by atoms with van der Waals surface area (Å²) in [6.07, 6.45) is 12.0. The number of nitrogens with zero attached hydrogens (tertiary/aromatic N) is 7. The van der Waals surface area contributed by atoms with E-state index in [0.717, 1.165) is 43.9 Å². The number of piperidine rings is 3. The van der Waals surface area contributed by atoms with E-state index in [0.29, 0.717) is 120 Å². The van der Waals surface area contributed by atoms with Gasteiger partial charge in [-0.05, 0) is 180 Å². The lowest BCUT2D eigenvalue weighted by Crippen LogP contribution is -2.61. The van der Waals surface area contributed by atoms with E-state index < -0.39 is 93.7 Å². The fourth-order valence-electron chi connectivity index (χ4n) is 14.3. The molecule has 8 heterocycles. The second kappa shape index (κ2) is 37.4. The Labute approximate surface area is 671 Å². The van der Waals surface area contributed by atoms with Crippen molar-refractivity contribution in [1.29, 1.82) is 0 Å².